The first-order valence-electron chi connectivity index (χ1n) is 5.34. The molecule has 4 heteroatoms. The number of para-hydroxylation sites is 1. The van der Waals surface area contributed by atoms with Gasteiger partial charge in [-0.15, -0.1) is 0 Å². The summed E-state index contributed by atoms with van der Waals surface area (Å²) in [6, 6.07) is 7.42. The molecule has 2 N–H and O–H groups in total. The molecule has 1 unspecified atom stereocenters. The van der Waals surface area contributed by atoms with Crippen LogP contribution in [0.5, 0.6) is 5.75 Å². The second-order valence-electron chi connectivity index (χ2n) is 3.57. The molecule has 0 aliphatic heterocycles. The van der Waals surface area contributed by atoms with Crippen LogP contribution >= 0.6 is 0 Å². The molecule has 0 aromatic heterocycles. The Kier molecular flexibility index (Phi) is 4.79. The molecular formula is C12H17NO3. The average molecular weight is 223 g/mol. The van der Waals surface area contributed by atoms with Crippen LogP contribution in [0, 0.1) is 0 Å². The van der Waals surface area contributed by atoms with Crippen molar-refractivity contribution in [2.45, 2.75) is 26.2 Å². The Morgan fingerprint density at radius 1 is 1.50 bits per heavy atom. The molecule has 0 aliphatic carbocycles. The number of hydrogen-bond acceptors (Lipinski definition) is 3. The predicted octanol–water partition coefficient (Wildman–Crippen LogP) is 2.24. The van der Waals surface area contributed by atoms with Gasteiger partial charge in [-0.25, -0.2) is 4.79 Å². The molecule has 0 radical (unpaired) electrons. The predicted molar refractivity (Wildman–Crippen MR) is 61.4 cm³/mol. The summed E-state index contributed by atoms with van der Waals surface area (Å²) in [5.41, 5.74) is 0.998. The summed E-state index contributed by atoms with van der Waals surface area (Å²) in [6.45, 7) is 3.73. The lowest BCUT2D eigenvalue weighted by Crippen LogP contribution is -2.27. The lowest BCUT2D eigenvalue weighted by atomic mass is 9.98. The smallest absolute Gasteiger partial charge is 0.410 e. The normalized spacial score (nSPS) is 11.9. The number of nitrogens with one attached hydrogen (secondary N) is 1. The van der Waals surface area contributed by atoms with E-state index in [1.54, 1.807) is 6.07 Å². The molecule has 0 spiro atoms. The van der Waals surface area contributed by atoms with Crippen molar-refractivity contribution in [1.29, 1.82) is 0 Å². The standard InChI is InChI=1S/C12H17NO3/c1-3-9(2)10-6-4-5-7-11(10)16-12(15)13-8-14/h4-7,9,14H,3,8H2,1-2H3,(H,13,15). The molecular weight excluding hydrogens is 206 g/mol. The highest BCUT2D eigenvalue weighted by atomic mass is 16.6. The first-order chi connectivity index (χ1) is 7.69. The number of aliphatic hydroxyl groups is 1. The molecule has 0 bridgehead atoms. The fraction of sp³-hybridized carbons (Fsp3) is 0.417. The van der Waals surface area contributed by atoms with Crippen LogP contribution in [-0.4, -0.2) is 17.9 Å². The van der Waals surface area contributed by atoms with Gasteiger partial charge in [-0.05, 0) is 24.0 Å². The second kappa shape index (κ2) is 6.12. The number of rotatable bonds is 4. The van der Waals surface area contributed by atoms with Gasteiger partial charge in [0.05, 0.1) is 0 Å². The number of hydrogen-bond donors (Lipinski definition) is 2. The van der Waals surface area contributed by atoms with E-state index in [2.05, 4.69) is 19.2 Å². The van der Waals surface area contributed by atoms with Crippen molar-refractivity contribution in [2.75, 3.05) is 6.73 Å². The van der Waals surface area contributed by atoms with Gasteiger partial charge in [0.25, 0.3) is 0 Å². The van der Waals surface area contributed by atoms with Crippen molar-refractivity contribution in [3.63, 3.8) is 0 Å². The molecule has 0 aliphatic rings. The zero-order valence-corrected chi connectivity index (χ0v) is 9.56. The highest BCUT2D eigenvalue weighted by Gasteiger charge is 2.12. The Labute approximate surface area is 95.2 Å². The maximum Gasteiger partial charge on any atom is 0.414 e. The number of ether oxygens (including phenoxy) is 1. The van der Waals surface area contributed by atoms with Crippen LogP contribution in [0.15, 0.2) is 24.3 Å². The summed E-state index contributed by atoms with van der Waals surface area (Å²) < 4.78 is 5.10. The fourth-order valence-electron chi connectivity index (χ4n) is 1.40. The summed E-state index contributed by atoms with van der Waals surface area (Å²) >= 11 is 0. The molecule has 88 valence electrons. The van der Waals surface area contributed by atoms with Crippen molar-refractivity contribution < 1.29 is 14.6 Å². The van der Waals surface area contributed by atoms with E-state index < -0.39 is 12.8 Å². The van der Waals surface area contributed by atoms with Crippen LogP contribution in [0.25, 0.3) is 0 Å². The largest absolute Gasteiger partial charge is 0.414 e. The van der Waals surface area contributed by atoms with Gasteiger partial charge in [0.15, 0.2) is 0 Å². The topological polar surface area (TPSA) is 58.6 Å². The summed E-state index contributed by atoms with van der Waals surface area (Å²) in [5, 5.41) is 10.7. The minimum absolute atomic E-state index is 0.332. The third-order valence-corrected chi connectivity index (χ3v) is 2.49. The number of carbonyl (C=O) groups excluding carboxylic acids is 1. The van der Waals surface area contributed by atoms with Gasteiger partial charge in [0.1, 0.15) is 12.5 Å². The zero-order valence-electron chi connectivity index (χ0n) is 9.56. The molecule has 0 saturated carbocycles. The van der Waals surface area contributed by atoms with Gasteiger partial charge in [0.2, 0.25) is 0 Å². The van der Waals surface area contributed by atoms with Crippen molar-refractivity contribution in [1.82, 2.24) is 5.32 Å². The molecule has 16 heavy (non-hydrogen) atoms. The Hall–Kier alpha value is -1.55. The highest BCUT2D eigenvalue weighted by Crippen LogP contribution is 2.28. The van der Waals surface area contributed by atoms with Crippen molar-refractivity contribution in [3.05, 3.63) is 29.8 Å². The van der Waals surface area contributed by atoms with Gasteiger partial charge < -0.3 is 9.84 Å². The van der Waals surface area contributed by atoms with Crippen LogP contribution in [-0.2, 0) is 0 Å². The Balaban J connectivity index is 2.82. The average Bonchev–Trinajstić information content (AvgIpc) is 2.29. The number of aliphatic hydroxyl groups excluding tert-OH is 1. The molecule has 0 saturated heterocycles. The Bertz CT molecular complexity index is 352. The Morgan fingerprint density at radius 2 is 2.19 bits per heavy atom. The molecule has 1 amide bonds. The van der Waals surface area contributed by atoms with Crippen molar-refractivity contribution in [3.8, 4) is 5.75 Å². The molecule has 0 heterocycles. The first kappa shape index (κ1) is 12.5. The summed E-state index contributed by atoms with van der Waals surface area (Å²) in [7, 11) is 0. The fourth-order valence-corrected chi connectivity index (χ4v) is 1.40. The number of amides is 1. The van der Waals surface area contributed by atoms with Gasteiger partial charge >= 0.3 is 6.09 Å². The van der Waals surface area contributed by atoms with Crippen molar-refractivity contribution in [2.24, 2.45) is 0 Å². The third-order valence-electron chi connectivity index (χ3n) is 2.49. The zero-order chi connectivity index (χ0) is 12.0. The van der Waals surface area contributed by atoms with E-state index in [1.807, 2.05) is 18.2 Å². The van der Waals surface area contributed by atoms with Crippen LogP contribution in [0.3, 0.4) is 0 Å². The van der Waals surface area contributed by atoms with Crippen molar-refractivity contribution >= 4 is 6.09 Å². The number of carbonyl (C=O) groups is 1. The summed E-state index contributed by atoms with van der Waals surface area (Å²) in [6.07, 6.45) is 0.334. The molecule has 1 aromatic rings. The van der Waals surface area contributed by atoms with E-state index >= 15 is 0 Å². The van der Waals surface area contributed by atoms with Gasteiger partial charge in [-0.3, -0.25) is 5.32 Å². The SMILES string of the molecule is CCC(C)c1ccccc1OC(=O)NCO. The van der Waals surface area contributed by atoms with E-state index in [9.17, 15) is 4.79 Å². The third kappa shape index (κ3) is 3.24. The Morgan fingerprint density at radius 3 is 2.81 bits per heavy atom. The first-order valence-corrected chi connectivity index (χ1v) is 5.34. The number of benzene rings is 1. The monoisotopic (exact) mass is 223 g/mol. The van der Waals surface area contributed by atoms with Gasteiger partial charge in [0, 0.05) is 0 Å². The molecule has 1 rings (SSSR count). The highest BCUT2D eigenvalue weighted by molar-refractivity contribution is 5.70. The van der Waals surface area contributed by atoms with Crippen LogP contribution < -0.4 is 10.1 Å². The van der Waals surface area contributed by atoms with E-state index in [0.717, 1.165) is 12.0 Å². The molecule has 0 fully saturated rings. The molecule has 4 nitrogen and oxygen atoms in total. The maximum absolute atomic E-state index is 11.2. The lowest BCUT2D eigenvalue weighted by Gasteiger charge is -2.14. The quantitative estimate of drug-likeness (QED) is 0.769. The minimum atomic E-state index is -0.641. The van der Waals surface area contributed by atoms with Crippen LogP contribution in [0.2, 0.25) is 0 Å². The minimum Gasteiger partial charge on any atom is -0.410 e. The van der Waals surface area contributed by atoms with E-state index in [-0.39, 0.29) is 0 Å². The molecule has 1 atom stereocenters. The molecule has 1 aromatic carbocycles. The summed E-state index contributed by atoms with van der Waals surface area (Å²) in [4.78, 5) is 11.2. The second-order valence-corrected chi connectivity index (χ2v) is 3.57. The van der Waals surface area contributed by atoms with Crippen LogP contribution in [0.1, 0.15) is 31.7 Å². The van der Waals surface area contributed by atoms with E-state index in [0.29, 0.717) is 11.7 Å². The summed E-state index contributed by atoms with van der Waals surface area (Å²) in [5.74, 6) is 0.876. The van der Waals surface area contributed by atoms with Gasteiger partial charge in [-0.2, -0.15) is 0 Å². The van der Waals surface area contributed by atoms with Crippen LogP contribution in [0.4, 0.5) is 4.79 Å². The van der Waals surface area contributed by atoms with E-state index in [4.69, 9.17) is 9.84 Å². The lowest BCUT2D eigenvalue weighted by molar-refractivity contribution is 0.181. The maximum atomic E-state index is 11.2. The van der Waals surface area contributed by atoms with E-state index in [1.165, 1.54) is 0 Å². The van der Waals surface area contributed by atoms with Gasteiger partial charge in [-0.1, -0.05) is 32.0 Å².